The predicted octanol–water partition coefficient (Wildman–Crippen LogP) is 1.90. The maximum atomic E-state index is 10.8. The van der Waals surface area contributed by atoms with Gasteiger partial charge >= 0.3 is 5.97 Å². The smallest absolute Gasteiger partial charge is 0.303 e. The molecule has 0 radical (unpaired) electrons. The summed E-state index contributed by atoms with van der Waals surface area (Å²) < 4.78 is 11.6. The van der Waals surface area contributed by atoms with Crippen LogP contribution in [0.4, 0.5) is 0 Å². The van der Waals surface area contributed by atoms with Crippen molar-refractivity contribution in [3.05, 3.63) is 0 Å². The molecule has 3 saturated heterocycles. The number of piperidine rings is 1. The minimum atomic E-state index is -0.652. The van der Waals surface area contributed by atoms with E-state index in [4.69, 9.17) is 14.6 Å². The van der Waals surface area contributed by atoms with Crippen molar-refractivity contribution < 1.29 is 19.4 Å². The van der Waals surface area contributed by atoms with Gasteiger partial charge in [-0.05, 0) is 57.5 Å². The molecule has 0 aromatic heterocycles. The Balaban J connectivity index is 1.52. The van der Waals surface area contributed by atoms with E-state index < -0.39 is 5.97 Å². The molecule has 120 valence electrons. The molecule has 3 heterocycles. The van der Waals surface area contributed by atoms with Gasteiger partial charge in [0.25, 0.3) is 0 Å². The van der Waals surface area contributed by atoms with Gasteiger partial charge in [-0.3, -0.25) is 4.79 Å². The summed E-state index contributed by atoms with van der Waals surface area (Å²) in [7, 11) is 0. The second-order valence-corrected chi connectivity index (χ2v) is 6.87. The summed E-state index contributed by atoms with van der Waals surface area (Å²) in [6, 6.07) is 0.614. The summed E-state index contributed by atoms with van der Waals surface area (Å²) in [4.78, 5) is 13.4. The first-order valence-corrected chi connectivity index (χ1v) is 8.34. The van der Waals surface area contributed by atoms with Crippen molar-refractivity contribution >= 4 is 5.97 Å². The highest BCUT2D eigenvalue weighted by Crippen LogP contribution is 2.37. The molecular formula is C16H27NO4. The number of carboxylic acid groups (broad SMARTS) is 1. The van der Waals surface area contributed by atoms with E-state index >= 15 is 0 Å². The van der Waals surface area contributed by atoms with Gasteiger partial charge in [0.2, 0.25) is 0 Å². The van der Waals surface area contributed by atoms with Crippen LogP contribution in [0.25, 0.3) is 0 Å². The highest BCUT2D eigenvalue weighted by molar-refractivity contribution is 5.67. The van der Waals surface area contributed by atoms with Crippen molar-refractivity contribution in [1.29, 1.82) is 0 Å². The lowest BCUT2D eigenvalue weighted by molar-refractivity contribution is -0.153. The molecule has 0 aromatic rings. The first-order chi connectivity index (χ1) is 10.2. The summed E-state index contributed by atoms with van der Waals surface area (Å²) in [6.45, 7) is 4.62. The van der Waals surface area contributed by atoms with E-state index in [9.17, 15) is 4.79 Å². The van der Waals surface area contributed by atoms with Gasteiger partial charge in [-0.25, -0.2) is 0 Å². The molecular weight excluding hydrogens is 270 g/mol. The number of rotatable bonds is 3. The van der Waals surface area contributed by atoms with Crippen molar-refractivity contribution in [3.63, 3.8) is 0 Å². The fourth-order valence-corrected chi connectivity index (χ4v) is 4.17. The molecule has 0 bridgehead atoms. The van der Waals surface area contributed by atoms with Crippen LogP contribution in [0, 0.1) is 5.92 Å². The normalized spacial score (nSPS) is 31.3. The number of carboxylic acids is 1. The number of carbonyl (C=O) groups is 1. The highest BCUT2D eigenvalue weighted by atomic mass is 16.5. The lowest BCUT2D eigenvalue weighted by atomic mass is 9.82. The maximum absolute atomic E-state index is 10.8. The summed E-state index contributed by atoms with van der Waals surface area (Å²) in [5.74, 6) is -0.281. The minimum Gasteiger partial charge on any atom is -0.481 e. The van der Waals surface area contributed by atoms with Crippen molar-refractivity contribution in [3.8, 4) is 0 Å². The second kappa shape index (κ2) is 6.63. The van der Waals surface area contributed by atoms with E-state index in [1.165, 1.54) is 0 Å². The van der Waals surface area contributed by atoms with Gasteiger partial charge in [-0.1, -0.05) is 0 Å². The topological polar surface area (TPSA) is 59.0 Å². The summed E-state index contributed by atoms with van der Waals surface area (Å²) in [5.41, 5.74) is 0.0546. The van der Waals surface area contributed by atoms with Crippen LogP contribution in [0.3, 0.4) is 0 Å². The van der Waals surface area contributed by atoms with E-state index in [0.29, 0.717) is 18.4 Å². The Morgan fingerprint density at radius 3 is 2.52 bits per heavy atom. The minimum absolute atomic E-state index is 0.0546. The standard InChI is InChI=1S/C16H27NO4/c18-15(19)11-13-1-6-17(7-2-13)14-3-8-21-16(12-14)4-9-20-10-5-16/h13-14H,1-12H2,(H,18,19). The van der Waals surface area contributed by atoms with Gasteiger partial charge in [0.1, 0.15) is 0 Å². The Kier molecular flexibility index (Phi) is 4.82. The lowest BCUT2D eigenvalue weighted by Gasteiger charge is -2.47. The Morgan fingerprint density at radius 1 is 1.14 bits per heavy atom. The van der Waals surface area contributed by atoms with Gasteiger partial charge in [-0.15, -0.1) is 0 Å². The van der Waals surface area contributed by atoms with Crippen LogP contribution in [0.1, 0.15) is 44.9 Å². The number of hydrogen-bond donors (Lipinski definition) is 1. The molecule has 21 heavy (non-hydrogen) atoms. The number of likely N-dealkylation sites (tertiary alicyclic amines) is 1. The fourth-order valence-electron chi connectivity index (χ4n) is 4.17. The van der Waals surface area contributed by atoms with Crippen LogP contribution in [0.15, 0.2) is 0 Å². The van der Waals surface area contributed by atoms with Crippen molar-refractivity contribution in [2.24, 2.45) is 5.92 Å². The van der Waals surface area contributed by atoms with Gasteiger partial charge in [0.05, 0.1) is 5.60 Å². The molecule has 0 aromatic carbocycles. The zero-order valence-electron chi connectivity index (χ0n) is 12.8. The van der Waals surface area contributed by atoms with Crippen LogP contribution in [0.5, 0.6) is 0 Å². The molecule has 1 atom stereocenters. The van der Waals surface area contributed by atoms with E-state index in [2.05, 4.69) is 4.90 Å². The number of nitrogens with zero attached hydrogens (tertiary/aromatic N) is 1. The number of ether oxygens (including phenoxy) is 2. The monoisotopic (exact) mass is 297 g/mol. The molecule has 1 unspecified atom stereocenters. The lowest BCUT2D eigenvalue weighted by Crippen LogP contribution is -2.52. The second-order valence-electron chi connectivity index (χ2n) is 6.87. The van der Waals surface area contributed by atoms with Crippen LogP contribution >= 0.6 is 0 Å². The largest absolute Gasteiger partial charge is 0.481 e. The zero-order chi connectivity index (χ0) is 14.7. The van der Waals surface area contributed by atoms with E-state index in [1.807, 2.05) is 0 Å². The molecule has 5 heteroatoms. The van der Waals surface area contributed by atoms with E-state index in [1.54, 1.807) is 0 Å². The average molecular weight is 297 g/mol. The zero-order valence-corrected chi connectivity index (χ0v) is 12.8. The molecule has 1 N–H and O–H groups in total. The molecule has 3 rings (SSSR count). The van der Waals surface area contributed by atoms with Crippen LogP contribution in [0.2, 0.25) is 0 Å². The molecule has 0 saturated carbocycles. The third-order valence-electron chi connectivity index (χ3n) is 5.50. The first kappa shape index (κ1) is 15.3. The summed E-state index contributed by atoms with van der Waals surface area (Å²) >= 11 is 0. The number of hydrogen-bond acceptors (Lipinski definition) is 4. The molecule has 3 aliphatic heterocycles. The Bertz CT molecular complexity index is 354. The van der Waals surface area contributed by atoms with Crippen molar-refractivity contribution in [1.82, 2.24) is 4.90 Å². The van der Waals surface area contributed by atoms with Crippen molar-refractivity contribution in [2.75, 3.05) is 32.9 Å². The Labute approximate surface area is 126 Å². The maximum Gasteiger partial charge on any atom is 0.303 e. The predicted molar refractivity (Wildman–Crippen MR) is 78.3 cm³/mol. The van der Waals surface area contributed by atoms with Gasteiger partial charge in [0, 0.05) is 32.3 Å². The highest BCUT2D eigenvalue weighted by Gasteiger charge is 2.41. The van der Waals surface area contributed by atoms with E-state index in [0.717, 1.165) is 71.4 Å². The van der Waals surface area contributed by atoms with Gasteiger partial charge in [-0.2, -0.15) is 0 Å². The van der Waals surface area contributed by atoms with Crippen LogP contribution in [-0.4, -0.2) is 60.5 Å². The molecule has 3 aliphatic rings. The average Bonchev–Trinajstić information content (AvgIpc) is 2.48. The molecule has 5 nitrogen and oxygen atoms in total. The first-order valence-electron chi connectivity index (χ1n) is 8.34. The fraction of sp³-hybridized carbons (Fsp3) is 0.938. The quantitative estimate of drug-likeness (QED) is 0.862. The number of aliphatic carboxylic acids is 1. The van der Waals surface area contributed by atoms with Crippen LogP contribution in [-0.2, 0) is 14.3 Å². The summed E-state index contributed by atoms with van der Waals surface area (Å²) in [5, 5.41) is 8.90. The SMILES string of the molecule is O=C(O)CC1CCN(C2CCOC3(CCOCC3)C2)CC1. The summed E-state index contributed by atoms with van der Waals surface area (Å²) in [6.07, 6.45) is 6.69. The van der Waals surface area contributed by atoms with Gasteiger partial charge in [0.15, 0.2) is 0 Å². The van der Waals surface area contributed by atoms with Crippen molar-refractivity contribution in [2.45, 2.75) is 56.6 Å². The third-order valence-corrected chi connectivity index (χ3v) is 5.50. The Morgan fingerprint density at radius 2 is 1.86 bits per heavy atom. The Hall–Kier alpha value is -0.650. The molecule has 3 fully saturated rings. The van der Waals surface area contributed by atoms with E-state index in [-0.39, 0.29) is 5.60 Å². The molecule has 0 aliphatic carbocycles. The molecule has 0 amide bonds. The molecule has 1 spiro atoms. The van der Waals surface area contributed by atoms with Crippen LogP contribution < -0.4 is 0 Å². The van der Waals surface area contributed by atoms with Gasteiger partial charge < -0.3 is 19.5 Å². The third kappa shape index (κ3) is 3.76.